The van der Waals surface area contributed by atoms with E-state index in [9.17, 15) is 13.2 Å². The monoisotopic (exact) mass is 291 g/mol. The molecule has 0 aromatic heterocycles. The molecule has 1 aromatic rings. The first kappa shape index (κ1) is 16.8. The molecule has 0 amide bonds. The van der Waals surface area contributed by atoms with Crippen LogP contribution in [0.3, 0.4) is 0 Å². The number of alkyl halides is 3. The van der Waals surface area contributed by atoms with Gasteiger partial charge in [0.25, 0.3) is 0 Å². The Morgan fingerprint density at radius 3 is 2.65 bits per heavy atom. The molecule has 3 nitrogen and oxygen atoms in total. The van der Waals surface area contributed by atoms with Crippen LogP contribution in [-0.4, -0.2) is 32.9 Å². The summed E-state index contributed by atoms with van der Waals surface area (Å²) in [5.74, 6) is 0.195. The summed E-state index contributed by atoms with van der Waals surface area (Å²) in [5, 5.41) is 3.16. The van der Waals surface area contributed by atoms with Crippen LogP contribution in [0.15, 0.2) is 24.3 Å². The number of rotatable bonds is 8. The van der Waals surface area contributed by atoms with E-state index in [4.69, 9.17) is 9.47 Å². The molecule has 114 valence electrons. The van der Waals surface area contributed by atoms with E-state index < -0.39 is 11.7 Å². The van der Waals surface area contributed by atoms with Gasteiger partial charge in [0.15, 0.2) is 0 Å². The third kappa shape index (κ3) is 5.79. The van der Waals surface area contributed by atoms with Gasteiger partial charge in [-0.25, -0.2) is 0 Å². The first-order valence-electron chi connectivity index (χ1n) is 6.51. The van der Waals surface area contributed by atoms with E-state index in [1.165, 1.54) is 19.2 Å². The minimum absolute atomic E-state index is 0.195. The van der Waals surface area contributed by atoms with Crippen molar-refractivity contribution in [1.82, 2.24) is 5.32 Å². The summed E-state index contributed by atoms with van der Waals surface area (Å²) in [6, 6.07) is 4.87. The van der Waals surface area contributed by atoms with Gasteiger partial charge in [0, 0.05) is 13.7 Å². The maximum Gasteiger partial charge on any atom is 0.416 e. The molecular formula is C14H20F3NO2. The number of halogens is 3. The van der Waals surface area contributed by atoms with Gasteiger partial charge in [0.1, 0.15) is 11.9 Å². The third-order valence-corrected chi connectivity index (χ3v) is 2.62. The van der Waals surface area contributed by atoms with Gasteiger partial charge < -0.3 is 14.8 Å². The molecule has 0 saturated carbocycles. The highest BCUT2D eigenvalue weighted by Gasteiger charge is 2.30. The molecule has 0 heterocycles. The van der Waals surface area contributed by atoms with Crippen LogP contribution >= 0.6 is 0 Å². The predicted octanol–water partition coefficient (Wildman–Crippen LogP) is 3.10. The molecule has 1 atom stereocenters. The van der Waals surface area contributed by atoms with Crippen LogP contribution in [-0.2, 0) is 10.9 Å². The fraction of sp³-hybridized carbons (Fsp3) is 0.571. The molecule has 0 bridgehead atoms. The second-order valence-electron chi connectivity index (χ2n) is 4.42. The minimum atomic E-state index is -4.36. The molecule has 20 heavy (non-hydrogen) atoms. The lowest BCUT2D eigenvalue weighted by atomic mass is 10.2. The summed E-state index contributed by atoms with van der Waals surface area (Å²) in [6.45, 7) is 3.70. The van der Waals surface area contributed by atoms with Gasteiger partial charge in [-0.2, -0.15) is 13.2 Å². The van der Waals surface area contributed by atoms with E-state index >= 15 is 0 Å². The summed E-state index contributed by atoms with van der Waals surface area (Å²) in [6.07, 6.45) is -3.71. The number of ether oxygens (including phenoxy) is 2. The molecule has 0 saturated heterocycles. The van der Waals surface area contributed by atoms with E-state index in [-0.39, 0.29) is 11.9 Å². The smallest absolute Gasteiger partial charge is 0.416 e. The lowest BCUT2D eigenvalue weighted by Gasteiger charge is -2.19. The topological polar surface area (TPSA) is 30.5 Å². The van der Waals surface area contributed by atoms with Gasteiger partial charge in [0.05, 0.1) is 12.2 Å². The molecule has 1 unspecified atom stereocenters. The predicted molar refractivity (Wildman–Crippen MR) is 70.9 cm³/mol. The van der Waals surface area contributed by atoms with Crippen molar-refractivity contribution in [2.75, 3.05) is 26.8 Å². The van der Waals surface area contributed by atoms with E-state index in [2.05, 4.69) is 5.32 Å². The maximum atomic E-state index is 12.6. The van der Waals surface area contributed by atoms with Crippen molar-refractivity contribution in [2.24, 2.45) is 0 Å². The van der Waals surface area contributed by atoms with Crippen LogP contribution in [0, 0.1) is 0 Å². The Hall–Kier alpha value is -1.27. The summed E-state index contributed by atoms with van der Waals surface area (Å²) in [7, 11) is 1.53. The van der Waals surface area contributed by atoms with Gasteiger partial charge in [-0.05, 0) is 31.2 Å². The second-order valence-corrected chi connectivity index (χ2v) is 4.42. The Balaban J connectivity index is 2.67. The summed E-state index contributed by atoms with van der Waals surface area (Å²) < 4.78 is 48.4. The average molecular weight is 291 g/mol. The summed E-state index contributed by atoms with van der Waals surface area (Å²) in [4.78, 5) is 0. The molecule has 0 aliphatic heterocycles. The van der Waals surface area contributed by atoms with Gasteiger partial charge in [-0.1, -0.05) is 13.0 Å². The average Bonchev–Trinajstić information content (AvgIpc) is 2.38. The number of hydrogen-bond acceptors (Lipinski definition) is 3. The van der Waals surface area contributed by atoms with E-state index in [0.29, 0.717) is 13.2 Å². The first-order valence-corrected chi connectivity index (χ1v) is 6.51. The van der Waals surface area contributed by atoms with Crippen LogP contribution in [0.1, 0.15) is 18.9 Å². The van der Waals surface area contributed by atoms with Crippen molar-refractivity contribution in [3.05, 3.63) is 29.8 Å². The molecular weight excluding hydrogens is 271 g/mol. The van der Waals surface area contributed by atoms with Gasteiger partial charge in [-0.3, -0.25) is 0 Å². The molecule has 0 radical (unpaired) electrons. The molecule has 1 aromatic carbocycles. The van der Waals surface area contributed by atoms with Crippen molar-refractivity contribution < 1.29 is 22.6 Å². The number of benzene rings is 1. The van der Waals surface area contributed by atoms with Crippen LogP contribution in [0.5, 0.6) is 5.75 Å². The van der Waals surface area contributed by atoms with Crippen molar-refractivity contribution >= 4 is 0 Å². The molecule has 1 rings (SSSR count). The molecule has 1 N–H and O–H groups in total. The summed E-state index contributed by atoms with van der Waals surface area (Å²) >= 11 is 0. The minimum Gasteiger partial charge on any atom is -0.487 e. The first-order chi connectivity index (χ1) is 9.47. The number of nitrogens with one attached hydrogen (secondary N) is 1. The Morgan fingerprint density at radius 2 is 2.05 bits per heavy atom. The maximum absolute atomic E-state index is 12.6. The van der Waals surface area contributed by atoms with Crippen molar-refractivity contribution in [3.8, 4) is 5.75 Å². The SMILES string of the molecule is CCCNCC(COC)Oc1cccc(C(F)(F)F)c1. The van der Waals surface area contributed by atoms with Crippen LogP contribution < -0.4 is 10.1 Å². The zero-order valence-electron chi connectivity index (χ0n) is 11.7. The van der Waals surface area contributed by atoms with Gasteiger partial charge in [-0.15, -0.1) is 0 Å². The Labute approximate surface area is 117 Å². The Morgan fingerprint density at radius 1 is 1.30 bits per heavy atom. The van der Waals surface area contributed by atoms with E-state index in [0.717, 1.165) is 25.1 Å². The number of hydrogen-bond donors (Lipinski definition) is 1. The second kappa shape index (κ2) is 8.11. The van der Waals surface area contributed by atoms with Crippen molar-refractivity contribution in [1.29, 1.82) is 0 Å². The Bertz CT molecular complexity index is 396. The molecule has 0 aliphatic carbocycles. The highest BCUT2D eigenvalue weighted by atomic mass is 19.4. The molecule has 0 fully saturated rings. The fourth-order valence-electron chi connectivity index (χ4n) is 1.70. The highest BCUT2D eigenvalue weighted by Crippen LogP contribution is 2.31. The molecule has 0 aliphatic rings. The standard InChI is InChI=1S/C14H20F3NO2/c1-3-7-18-9-13(10-19-2)20-12-6-4-5-11(8-12)14(15,16)17/h4-6,8,13,18H,3,7,9-10H2,1-2H3. The third-order valence-electron chi connectivity index (χ3n) is 2.62. The zero-order valence-corrected chi connectivity index (χ0v) is 11.7. The fourth-order valence-corrected chi connectivity index (χ4v) is 1.70. The lowest BCUT2D eigenvalue weighted by Crippen LogP contribution is -2.35. The molecule has 6 heteroatoms. The highest BCUT2D eigenvalue weighted by molar-refractivity contribution is 5.30. The largest absolute Gasteiger partial charge is 0.487 e. The van der Waals surface area contributed by atoms with E-state index in [1.807, 2.05) is 6.92 Å². The van der Waals surface area contributed by atoms with Crippen molar-refractivity contribution in [3.63, 3.8) is 0 Å². The van der Waals surface area contributed by atoms with Gasteiger partial charge >= 0.3 is 6.18 Å². The molecule has 0 spiro atoms. The number of methoxy groups -OCH3 is 1. The normalized spacial score (nSPS) is 13.2. The van der Waals surface area contributed by atoms with Crippen LogP contribution in [0.2, 0.25) is 0 Å². The van der Waals surface area contributed by atoms with Crippen LogP contribution in [0.4, 0.5) is 13.2 Å². The van der Waals surface area contributed by atoms with Crippen LogP contribution in [0.25, 0.3) is 0 Å². The Kier molecular flexibility index (Phi) is 6.81. The lowest BCUT2D eigenvalue weighted by molar-refractivity contribution is -0.137. The quantitative estimate of drug-likeness (QED) is 0.747. The van der Waals surface area contributed by atoms with E-state index in [1.54, 1.807) is 0 Å². The van der Waals surface area contributed by atoms with Crippen molar-refractivity contribution in [2.45, 2.75) is 25.6 Å². The zero-order chi connectivity index (χ0) is 15.0. The van der Waals surface area contributed by atoms with Gasteiger partial charge in [0.2, 0.25) is 0 Å². The summed E-state index contributed by atoms with van der Waals surface area (Å²) in [5.41, 5.74) is -0.715.